The van der Waals surface area contributed by atoms with Crippen LogP contribution < -0.4 is 4.74 Å². The van der Waals surface area contributed by atoms with Gasteiger partial charge in [0.1, 0.15) is 0 Å². The summed E-state index contributed by atoms with van der Waals surface area (Å²) >= 11 is 0. The second-order valence-electron chi connectivity index (χ2n) is 4.69. The molecule has 0 atom stereocenters. The maximum atomic E-state index is 5.20. The Labute approximate surface area is 106 Å². The van der Waals surface area contributed by atoms with E-state index >= 15 is 0 Å². The number of pyridine rings is 1. The van der Waals surface area contributed by atoms with Crippen LogP contribution in [0, 0.1) is 0 Å². The van der Waals surface area contributed by atoms with Crippen LogP contribution in [0.15, 0.2) is 24.4 Å². The Bertz CT molecular complexity index is 600. The number of fused-ring (bicyclic) bond motifs is 1. The number of rotatable bonds is 2. The number of H-pyrrole nitrogens is 1. The Morgan fingerprint density at radius 2 is 2.28 bits per heavy atom. The number of hydrogen-bond acceptors (Lipinski definition) is 3. The first-order chi connectivity index (χ1) is 8.78. The second-order valence-corrected chi connectivity index (χ2v) is 4.69. The molecule has 1 N–H and O–H groups in total. The van der Waals surface area contributed by atoms with Crippen LogP contribution in [0.4, 0.5) is 0 Å². The highest BCUT2D eigenvalue weighted by Crippen LogP contribution is 2.28. The van der Waals surface area contributed by atoms with Crippen LogP contribution in [-0.4, -0.2) is 42.1 Å². The van der Waals surface area contributed by atoms with Gasteiger partial charge in [0.05, 0.1) is 18.1 Å². The van der Waals surface area contributed by atoms with E-state index in [0.29, 0.717) is 5.88 Å². The highest BCUT2D eigenvalue weighted by molar-refractivity contribution is 5.90. The minimum atomic E-state index is 0.664. The molecule has 1 aliphatic rings. The van der Waals surface area contributed by atoms with Gasteiger partial charge >= 0.3 is 0 Å². The van der Waals surface area contributed by atoms with Gasteiger partial charge in [-0.15, -0.1) is 0 Å². The molecule has 94 valence electrons. The van der Waals surface area contributed by atoms with E-state index in [1.807, 2.05) is 18.3 Å². The number of hydrogen-bond donors (Lipinski definition) is 1. The Morgan fingerprint density at radius 3 is 3.00 bits per heavy atom. The van der Waals surface area contributed by atoms with Gasteiger partial charge in [-0.2, -0.15) is 0 Å². The molecule has 2 aromatic rings. The number of nitrogens with zero attached hydrogens (tertiary/aromatic N) is 2. The molecule has 1 aliphatic heterocycles. The van der Waals surface area contributed by atoms with Crippen LogP contribution in [0.5, 0.6) is 5.88 Å². The summed E-state index contributed by atoms with van der Waals surface area (Å²) in [5, 5.41) is 0. The van der Waals surface area contributed by atoms with Crippen molar-refractivity contribution in [2.45, 2.75) is 6.42 Å². The molecule has 0 saturated carbocycles. The molecule has 0 fully saturated rings. The normalized spacial score (nSPS) is 16.9. The molecule has 2 aromatic heterocycles. The minimum Gasteiger partial charge on any atom is -0.481 e. The fourth-order valence-corrected chi connectivity index (χ4v) is 2.36. The highest BCUT2D eigenvalue weighted by Gasteiger charge is 2.14. The Kier molecular flexibility index (Phi) is 2.80. The first-order valence-electron chi connectivity index (χ1n) is 6.18. The number of methoxy groups -OCH3 is 1. The van der Waals surface area contributed by atoms with E-state index in [9.17, 15) is 0 Å². The smallest absolute Gasteiger partial charge is 0.213 e. The molecule has 4 nitrogen and oxygen atoms in total. The van der Waals surface area contributed by atoms with E-state index in [2.05, 4.69) is 28.0 Å². The molecular formula is C14H17N3O. The van der Waals surface area contributed by atoms with E-state index < -0.39 is 0 Å². The van der Waals surface area contributed by atoms with Crippen molar-refractivity contribution in [2.75, 3.05) is 27.2 Å². The van der Waals surface area contributed by atoms with Gasteiger partial charge in [0.25, 0.3) is 0 Å². The third-order valence-corrected chi connectivity index (χ3v) is 3.46. The standard InChI is InChI=1S/C14H17N3O/c1-17-7-5-10(6-8-17)11-9-15-12-3-4-13(18-2)16-14(11)12/h3-5,9,15H,6-8H2,1-2H3. The molecule has 4 heteroatoms. The number of nitrogens with one attached hydrogen (secondary N) is 1. The zero-order chi connectivity index (χ0) is 12.5. The molecule has 0 saturated heterocycles. The molecule has 0 radical (unpaired) electrons. The predicted molar refractivity (Wildman–Crippen MR) is 72.7 cm³/mol. The zero-order valence-corrected chi connectivity index (χ0v) is 10.7. The summed E-state index contributed by atoms with van der Waals surface area (Å²) in [6.07, 6.45) is 5.41. The van der Waals surface area contributed by atoms with Crippen molar-refractivity contribution in [1.29, 1.82) is 0 Å². The van der Waals surface area contributed by atoms with Crippen LogP contribution in [-0.2, 0) is 0 Å². The Balaban J connectivity index is 2.06. The van der Waals surface area contributed by atoms with Gasteiger partial charge in [0.15, 0.2) is 0 Å². The molecular weight excluding hydrogens is 226 g/mol. The van der Waals surface area contributed by atoms with Crippen molar-refractivity contribution in [3.8, 4) is 5.88 Å². The third-order valence-electron chi connectivity index (χ3n) is 3.46. The van der Waals surface area contributed by atoms with Gasteiger partial charge in [0, 0.05) is 30.9 Å². The SMILES string of the molecule is COc1ccc2[nH]cc(C3=CCN(C)CC3)c2n1. The van der Waals surface area contributed by atoms with Crippen molar-refractivity contribution in [3.05, 3.63) is 30.0 Å². The van der Waals surface area contributed by atoms with E-state index in [0.717, 1.165) is 30.5 Å². The lowest BCUT2D eigenvalue weighted by atomic mass is 10.0. The third kappa shape index (κ3) is 1.88. The summed E-state index contributed by atoms with van der Waals surface area (Å²) in [7, 11) is 3.79. The molecule has 3 heterocycles. The van der Waals surface area contributed by atoms with Crippen LogP contribution in [0.2, 0.25) is 0 Å². The summed E-state index contributed by atoms with van der Waals surface area (Å²) in [6, 6.07) is 3.89. The maximum Gasteiger partial charge on any atom is 0.213 e. The van der Waals surface area contributed by atoms with Gasteiger partial charge in [-0.1, -0.05) is 6.08 Å². The number of likely N-dealkylation sites (N-methyl/N-ethyl adjacent to an activating group) is 1. The Hall–Kier alpha value is -1.81. The molecule has 0 amide bonds. The second kappa shape index (κ2) is 4.46. The van der Waals surface area contributed by atoms with E-state index in [1.54, 1.807) is 7.11 Å². The molecule has 0 spiro atoms. The van der Waals surface area contributed by atoms with Gasteiger partial charge in [-0.05, 0) is 25.1 Å². The minimum absolute atomic E-state index is 0.664. The van der Waals surface area contributed by atoms with Crippen LogP contribution >= 0.6 is 0 Å². The zero-order valence-electron chi connectivity index (χ0n) is 10.7. The first kappa shape index (κ1) is 11.3. The topological polar surface area (TPSA) is 41.1 Å². The van der Waals surface area contributed by atoms with Crippen molar-refractivity contribution in [1.82, 2.24) is 14.9 Å². The van der Waals surface area contributed by atoms with E-state index in [1.165, 1.54) is 11.1 Å². The molecule has 0 bridgehead atoms. The number of ether oxygens (including phenoxy) is 1. The van der Waals surface area contributed by atoms with Gasteiger partial charge in [-0.25, -0.2) is 4.98 Å². The summed E-state index contributed by atoms with van der Waals surface area (Å²) in [5.41, 5.74) is 4.65. The van der Waals surface area contributed by atoms with Crippen LogP contribution in [0.3, 0.4) is 0 Å². The monoisotopic (exact) mass is 243 g/mol. The van der Waals surface area contributed by atoms with Crippen molar-refractivity contribution in [3.63, 3.8) is 0 Å². The maximum absolute atomic E-state index is 5.20. The average molecular weight is 243 g/mol. The lowest BCUT2D eigenvalue weighted by molar-refractivity contribution is 0.370. The van der Waals surface area contributed by atoms with Crippen molar-refractivity contribution < 1.29 is 4.74 Å². The van der Waals surface area contributed by atoms with E-state index in [4.69, 9.17) is 4.74 Å². The summed E-state index contributed by atoms with van der Waals surface area (Å²) < 4.78 is 5.20. The highest BCUT2D eigenvalue weighted by atomic mass is 16.5. The molecule has 0 unspecified atom stereocenters. The summed E-state index contributed by atoms with van der Waals surface area (Å²) in [6.45, 7) is 2.11. The van der Waals surface area contributed by atoms with Gasteiger partial charge in [0.2, 0.25) is 5.88 Å². The summed E-state index contributed by atoms with van der Waals surface area (Å²) in [4.78, 5) is 10.1. The van der Waals surface area contributed by atoms with Crippen molar-refractivity contribution in [2.24, 2.45) is 0 Å². The van der Waals surface area contributed by atoms with Crippen LogP contribution in [0.1, 0.15) is 12.0 Å². The first-order valence-corrected chi connectivity index (χ1v) is 6.18. The van der Waals surface area contributed by atoms with Crippen molar-refractivity contribution >= 4 is 16.6 Å². The quantitative estimate of drug-likeness (QED) is 0.879. The van der Waals surface area contributed by atoms with Gasteiger partial charge in [-0.3, -0.25) is 0 Å². The van der Waals surface area contributed by atoms with Gasteiger partial charge < -0.3 is 14.6 Å². The fourth-order valence-electron chi connectivity index (χ4n) is 2.36. The molecule has 18 heavy (non-hydrogen) atoms. The average Bonchev–Trinajstić information content (AvgIpc) is 2.82. The van der Waals surface area contributed by atoms with E-state index in [-0.39, 0.29) is 0 Å². The molecule has 0 aliphatic carbocycles. The Morgan fingerprint density at radius 1 is 1.39 bits per heavy atom. The lowest BCUT2D eigenvalue weighted by Crippen LogP contribution is -2.23. The number of aromatic nitrogens is 2. The molecule has 3 rings (SSSR count). The van der Waals surface area contributed by atoms with Crippen LogP contribution in [0.25, 0.3) is 16.6 Å². The number of aromatic amines is 1. The summed E-state index contributed by atoms with van der Waals surface area (Å²) in [5.74, 6) is 0.664. The predicted octanol–water partition coefficient (Wildman–Crippen LogP) is 2.29. The fraction of sp³-hybridized carbons (Fsp3) is 0.357. The molecule has 0 aromatic carbocycles. The lowest BCUT2D eigenvalue weighted by Gasteiger charge is -2.21. The largest absolute Gasteiger partial charge is 0.481 e.